The zero-order valence-corrected chi connectivity index (χ0v) is 22.1. The van der Waals surface area contributed by atoms with E-state index in [4.69, 9.17) is 4.74 Å². The first-order chi connectivity index (χ1) is 17.6. The van der Waals surface area contributed by atoms with Gasteiger partial charge in [-0.1, -0.05) is 11.3 Å². The van der Waals surface area contributed by atoms with E-state index in [2.05, 4.69) is 62.8 Å². The fourth-order valence-corrected chi connectivity index (χ4v) is 6.07. The third-order valence-corrected chi connectivity index (χ3v) is 7.82. The molecule has 0 spiro atoms. The molecule has 0 unspecified atom stereocenters. The predicted molar refractivity (Wildman–Crippen MR) is 136 cm³/mol. The Balaban J connectivity index is 1.53. The summed E-state index contributed by atoms with van der Waals surface area (Å²) in [6.07, 6.45) is -0.895. The van der Waals surface area contributed by atoms with Crippen molar-refractivity contribution < 1.29 is 17.9 Å². The first-order valence-electron chi connectivity index (χ1n) is 12.1. The maximum absolute atomic E-state index is 13.7. The van der Waals surface area contributed by atoms with Crippen LogP contribution in [-0.4, -0.2) is 79.2 Å². The molecule has 9 nitrogen and oxygen atoms in total. The van der Waals surface area contributed by atoms with Gasteiger partial charge in [-0.2, -0.15) is 23.4 Å². The smallest absolute Gasteiger partial charge is 0.393 e. The number of anilines is 1. The molecule has 13 heteroatoms. The number of fused-ring (bicyclic) bond motifs is 1. The molecule has 5 heterocycles. The summed E-state index contributed by atoms with van der Waals surface area (Å²) in [6.45, 7) is 10.5. The lowest BCUT2D eigenvalue weighted by atomic mass is 10.0. The Morgan fingerprint density at radius 2 is 1.97 bits per heavy atom. The number of hydrogen-bond acceptors (Lipinski definition) is 8. The van der Waals surface area contributed by atoms with Gasteiger partial charge in [0.15, 0.2) is 11.4 Å². The van der Waals surface area contributed by atoms with Crippen LogP contribution >= 0.6 is 11.3 Å². The van der Waals surface area contributed by atoms with Crippen molar-refractivity contribution in [1.82, 2.24) is 34.7 Å². The standard InChI is InChI=1S/C24H29F3N8OS/c1-13(2)33-9-15(4)34(10-14(33)3)19-8-28-23(37-19)21-17(7-24(25,26)27)20(31-32-21)16-6-18(36-5)22-29-12-30-35(22)11-16/h6,8,11-15H,7,9-10H2,1-5H3,(H,31,32)/t14-,15+/m0/s1. The molecular formula is C24H29F3N8OS. The minimum Gasteiger partial charge on any atom is -0.493 e. The van der Waals surface area contributed by atoms with Gasteiger partial charge in [0, 0.05) is 48.5 Å². The summed E-state index contributed by atoms with van der Waals surface area (Å²) in [6, 6.07) is 2.66. The van der Waals surface area contributed by atoms with Crippen molar-refractivity contribution in [2.75, 3.05) is 25.1 Å². The van der Waals surface area contributed by atoms with Gasteiger partial charge in [-0.05, 0) is 33.8 Å². The van der Waals surface area contributed by atoms with Crippen molar-refractivity contribution in [3.8, 4) is 27.7 Å². The summed E-state index contributed by atoms with van der Waals surface area (Å²) < 4.78 is 48.0. The lowest BCUT2D eigenvalue weighted by molar-refractivity contribution is -0.127. The van der Waals surface area contributed by atoms with Gasteiger partial charge in [-0.3, -0.25) is 10.00 Å². The molecule has 4 aromatic rings. The zero-order valence-electron chi connectivity index (χ0n) is 21.2. The maximum Gasteiger partial charge on any atom is 0.393 e. The van der Waals surface area contributed by atoms with E-state index in [0.29, 0.717) is 34.1 Å². The van der Waals surface area contributed by atoms with Crippen LogP contribution in [-0.2, 0) is 6.42 Å². The van der Waals surface area contributed by atoms with Crippen LogP contribution < -0.4 is 9.64 Å². The Bertz CT molecular complexity index is 1390. The molecule has 0 amide bonds. The van der Waals surface area contributed by atoms with Crippen LogP contribution in [0.1, 0.15) is 33.3 Å². The number of H-pyrrole nitrogens is 1. The van der Waals surface area contributed by atoms with Crippen LogP contribution in [0.5, 0.6) is 5.75 Å². The molecule has 0 saturated carbocycles. The molecule has 2 atom stereocenters. The molecular weight excluding hydrogens is 505 g/mol. The number of hydrogen-bond donors (Lipinski definition) is 1. The number of thiazole rings is 1. The minimum absolute atomic E-state index is 0.0287. The van der Waals surface area contributed by atoms with Crippen LogP contribution in [0.2, 0.25) is 0 Å². The van der Waals surface area contributed by atoms with Crippen LogP contribution in [0, 0.1) is 0 Å². The van der Waals surface area contributed by atoms with Crippen LogP contribution in [0.25, 0.3) is 27.6 Å². The fraction of sp³-hybridized carbons (Fsp3) is 0.500. The van der Waals surface area contributed by atoms with E-state index in [1.807, 2.05) is 0 Å². The highest BCUT2D eigenvalue weighted by atomic mass is 32.1. The topological polar surface area (TPSA) is 87.5 Å². The summed E-state index contributed by atoms with van der Waals surface area (Å²) in [7, 11) is 1.47. The summed E-state index contributed by atoms with van der Waals surface area (Å²) >= 11 is 1.37. The molecule has 1 aliphatic rings. The number of ether oxygens (including phenoxy) is 1. The maximum atomic E-state index is 13.7. The summed E-state index contributed by atoms with van der Waals surface area (Å²) in [5, 5.41) is 12.6. The Morgan fingerprint density at radius 3 is 2.68 bits per heavy atom. The molecule has 1 N–H and O–H groups in total. The number of aromatic nitrogens is 6. The molecule has 1 saturated heterocycles. The van der Waals surface area contributed by atoms with Gasteiger partial charge in [-0.25, -0.2) is 14.5 Å². The number of alkyl halides is 3. The van der Waals surface area contributed by atoms with Crippen LogP contribution in [0.4, 0.5) is 18.2 Å². The average Bonchev–Trinajstić information content (AvgIpc) is 3.57. The Kier molecular flexibility index (Phi) is 6.61. The third kappa shape index (κ3) is 4.89. The second kappa shape index (κ2) is 9.60. The van der Waals surface area contributed by atoms with Crippen molar-refractivity contribution in [3.63, 3.8) is 0 Å². The normalized spacial score (nSPS) is 19.3. The molecule has 1 fully saturated rings. The van der Waals surface area contributed by atoms with Gasteiger partial charge in [-0.15, -0.1) is 0 Å². The summed E-state index contributed by atoms with van der Waals surface area (Å²) in [5.74, 6) is 0.387. The SMILES string of the molecule is COc1cc(-c2n[nH]c(-c3ncc(N4C[C@H](C)N(C(C)C)C[C@H]4C)s3)c2CC(F)(F)F)cn2ncnc12. The number of rotatable bonds is 6. The molecule has 1 aliphatic heterocycles. The van der Waals surface area contributed by atoms with Crippen LogP contribution in [0.3, 0.4) is 0 Å². The van der Waals surface area contributed by atoms with Gasteiger partial charge in [0.25, 0.3) is 0 Å². The van der Waals surface area contributed by atoms with E-state index in [1.54, 1.807) is 18.5 Å². The first kappa shape index (κ1) is 25.5. The van der Waals surface area contributed by atoms with Crippen molar-refractivity contribution in [1.29, 1.82) is 0 Å². The number of aromatic amines is 1. The molecule has 0 radical (unpaired) electrons. The number of pyridine rings is 1. The van der Waals surface area contributed by atoms with Crippen molar-refractivity contribution in [2.24, 2.45) is 0 Å². The van der Waals surface area contributed by atoms with Gasteiger partial charge >= 0.3 is 6.18 Å². The number of nitrogens with zero attached hydrogens (tertiary/aromatic N) is 7. The van der Waals surface area contributed by atoms with E-state index in [9.17, 15) is 13.2 Å². The Morgan fingerprint density at radius 1 is 1.19 bits per heavy atom. The van der Waals surface area contributed by atoms with Gasteiger partial charge < -0.3 is 9.64 Å². The molecule has 198 valence electrons. The monoisotopic (exact) mass is 534 g/mol. The average molecular weight is 535 g/mol. The predicted octanol–water partition coefficient (Wildman–Crippen LogP) is 4.66. The van der Waals surface area contributed by atoms with Crippen molar-refractivity contribution in [3.05, 3.63) is 30.4 Å². The van der Waals surface area contributed by atoms with Crippen LogP contribution in [0.15, 0.2) is 24.8 Å². The third-order valence-electron chi connectivity index (χ3n) is 6.77. The molecule has 0 bridgehead atoms. The number of halogens is 3. The molecule has 37 heavy (non-hydrogen) atoms. The highest BCUT2D eigenvalue weighted by molar-refractivity contribution is 7.18. The minimum atomic E-state index is -4.44. The zero-order chi connectivity index (χ0) is 26.5. The van der Waals surface area contributed by atoms with Gasteiger partial charge in [0.05, 0.1) is 31.1 Å². The molecule has 4 aromatic heterocycles. The quantitative estimate of drug-likeness (QED) is 0.385. The van der Waals surface area contributed by atoms with Crippen molar-refractivity contribution in [2.45, 2.75) is 58.4 Å². The van der Waals surface area contributed by atoms with Gasteiger partial charge in [0.2, 0.25) is 0 Å². The van der Waals surface area contributed by atoms with E-state index in [1.165, 1.54) is 29.3 Å². The second-order valence-electron chi connectivity index (χ2n) is 9.69. The highest BCUT2D eigenvalue weighted by Crippen LogP contribution is 2.40. The van der Waals surface area contributed by atoms with E-state index >= 15 is 0 Å². The lowest BCUT2D eigenvalue weighted by Gasteiger charge is -2.46. The van der Waals surface area contributed by atoms with Gasteiger partial charge in [0.1, 0.15) is 16.3 Å². The van der Waals surface area contributed by atoms with E-state index in [0.717, 1.165) is 18.1 Å². The number of methoxy groups -OCH3 is 1. The molecule has 5 rings (SSSR count). The second-order valence-corrected chi connectivity index (χ2v) is 10.7. The lowest BCUT2D eigenvalue weighted by Crippen LogP contribution is -2.58. The largest absolute Gasteiger partial charge is 0.493 e. The Hall–Kier alpha value is -3.19. The fourth-order valence-electron chi connectivity index (χ4n) is 5.02. The Labute approximate surface area is 216 Å². The van der Waals surface area contributed by atoms with E-state index in [-0.39, 0.29) is 23.0 Å². The summed E-state index contributed by atoms with van der Waals surface area (Å²) in [4.78, 5) is 13.4. The number of piperazine rings is 1. The summed E-state index contributed by atoms with van der Waals surface area (Å²) in [5.41, 5.74) is 1.36. The van der Waals surface area contributed by atoms with E-state index < -0.39 is 12.6 Å². The highest BCUT2D eigenvalue weighted by Gasteiger charge is 2.35. The molecule has 0 aliphatic carbocycles. The molecule has 0 aromatic carbocycles. The first-order valence-corrected chi connectivity index (χ1v) is 12.9. The van der Waals surface area contributed by atoms with Crippen molar-refractivity contribution >= 4 is 22.0 Å². The number of nitrogens with one attached hydrogen (secondary N) is 1.